The maximum Gasteiger partial charge on any atom is 0.416 e. The van der Waals surface area contributed by atoms with E-state index in [2.05, 4.69) is 5.16 Å². The predicted molar refractivity (Wildman–Crippen MR) is 45.6 cm³/mol. The molecule has 0 saturated carbocycles. The van der Waals surface area contributed by atoms with Gasteiger partial charge in [0, 0.05) is 5.56 Å². The third kappa shape index (κ3) is 2.38. The molecular weight excluding hydrogens is 219 g/mol. The fourth-order valence-corrected chi connectivity index (χ4v) is 0.999. The standard InChI is InChI=1S/C8H5ClF3NO/c9-7(13-14)5-2-1-3-6(4-5)8(10,11)12/h1-4,14H/b13-7+. The van der Waals surface area contributed by atoms with Crippen molar-refractivity contribution in [3.63, 3.8) is 0 Å². The number of hydrogen-bond donors (Lipinski definition) is 1. The number of alkyl halides is 3. The Hall–Kier alpha value is -1.23. The Balaban J connectivity index is 3.14. The van der Waals surface area contributed by atoms with Gasteiger partial charge in [-0.15, -0.1) is 0 Å². The molecule has 2 nitrogen and oxygen atoms in total. The van der Waals surface area contributed by atoms with Gasteiger partial charge in [0.25, 0.3) is 0 Å². The van der Waals surface area contributed by atoms with Crippen molar-refractivity contribution in [2.24, 2.45) is 5.16 Å². The van der Waals surface area contributed by atoms with E-state index in [0.29, 0.717) is 0 Å². The van der Waals surface area contributed by atoms with Gasteiger partial charge >= 0.3 is 6.18 Å². The van der Waals surface area contributed by atoms with Crippen molar-refractivity contribution in [2.45, 2.75) is 6.18 Å². The van der Waals surface area contributed by atoms with E-state index in [-0.39, 0.29) is 10.7 Å². The number of hydrogen-bond acceptors (Lipinski definition) is 2. The van der Waals surface area contributed by atoms with Crippen molar-refractivity contribution in [1.29, 1.82) is 0 Å². The highest BCUT2D eigenvalue weighted by Crippen LogP contribution is 2.29. The molecule has 76 valence electrons. The van der Waals surface area contributed by atoms with Crippen LogP contribution in [0.4, 0.5) is 13.2 Å². The second kappa shape index (κ2) is 3.88. The molecule has 0 amide bonds. The van der Waals surface area contributed by atoms with Crippen LogP contribution in [0.1, 0.15) is 11.1 Å². The first kappa shape index (κ1) is 10.8. The van der Waals surface area contributed by atoms with E-state index >= 15 is 0 Å². The summed E-state index contributed by atoms with van der Waals surface area (Å²) in [6.07, 6.45) is -4.43. The van der Waals surface area contributed by atoms with E-state index in [1.165, 1.54) is 12.1 Å². The van der Waals surface area contributed by atoms with E-state index < -0.39 is 11.7 Å². The van der Waals surface area contributed by atoms with Gasteiger partial charge in [-0.05, 0) is 12.1 Å². The summed E-state index contributed by atoms with van der Waals surface area (Å²) in [6.45, 7) is 0. The topological polar surface area (TPSA) is 32.6 Å². The Morgan fingerprint density at radius 2 is 2.00 bits per heavy atom. The lowest BCUT2D eigenvalue weighted by atomic mass is 10.1. The van der Waals surface area contributed by atoms with E-state index in [1.807, 2.05) is 0 Å². The molecule has 6 heteroatoms. The Morgan fingerprint density at radius 1 is 1.36 bits per heavy atom. The molecule has 1 rings (SSSR count). The number of rotatable bonds is 1. The fraction of sp³-hybridized carbons (Fsp3) is 0.125. The van der Waals surface area contributed by atoms with Crippen LogP contribution in [0.2, 0.25) is 0 Å². The quantitative estimate of drug-likeness (QED) is 0.443. The molecule has 1 aromatic carbocycles. The summed E-state index contributed by atoms with van der Waals surface area (Å²) >= 11 is 5.35. The highest BCUT2D eigenvalue weighted by molar-refractivity contribution is 6.69. The summed E-state index contributed by atoms with van der Waals surface area (Å²) < 4.78 is 36.6. The molecule has 0 heterocycles. The van der Waals surface area contributed by atoms with Gasteiger partial charge in [-0.2, -0.15) is 13.2 Å². The summed E-state index contributed by atoms with van der Waals surface area (Å²) in [7, 11) is 0. The van der Waals surface area contributed by atoms with Crippen molar-refractivity contribution in [2.75, 3.05) is 0 Å². The minimum Gasteiger partial charge on any atom is -0.410 e. The Morgan fingerprint density at radius 3 is 2.50 bits per heavy atom. The molecule has 0 aliphatic heterocycles. The van der Waals surface area contributed by atoms with Crippen molar-refractivity contribution < 1.29 is 18.4 Å². The smallest absolute Gasteiger partial charge is 0.410 e. The van der Waals surface area contributed by atoms with Gasteiger partial charge in [0.2, 0.25) is 0 Å². The molecule has 0 fully saturated rings. The van der Waals surface area contributed by atoms with Gasteiger partial charge in [-0.1, -0.05) is 28.9 Å². The highest BCUT2D eigenvalue weighted by Gasteiger charge is 2.30. The van der Waals surface area contributed by atoms with Gasteiger partial charge in [0.1, 0.15) is 0 Å². The third-order valence-corrected chi connectivity index (χ3v) is 1.81. The molecule has 1 aromatic rings. The predicted octanol–water partition coefficient (Wildman–Crippen LogP) is 3.08. The summed E-state index contributed by atoms with van der Waals surface area (Å²) in [6, 6.07) is 4.22. The third-order valence-electron chi connectivity index (χ3n) is 1.52. The van der Waals surface area contributed by atoms with Crippen molar-refractivity contribution >= 4 is 16.8 Å². The van der Waals surface area contributed by atoms with Gasteiger partial charge in [0.05, 0.1) is 5.56 Å². The van der Waals surface area contributed by atoms with Crippen LogP contribution in [0.5, 0.6) is 0 Å². The highest BCUT2D eigenvalue weighted by atomic mass is 35.5. The van der Waals surface area contributed by atoms with Crippen molar-refractivity contribution in [1.82, 2.24) is 0 Å². The van der Waals surface area contributed by atoms with Crippen LogP contribution in [0.15, 0.2) is 29.4 Å². The largest absolute Gasteiger partial charge is 0.416 e. The molecule has 0 aliphatic rings. The lowest BCUT2D eigenvalue weighted by molar-refractivity contribution is -0.137. The number of nitrogens with zero attached hydrogens (tertiary/aromatic N) is 1. The first-order valence-corrected chi connectivity index (χ1v) is 3.88. The van der Waals surface area contributed by atoms with Crippen LogP contribution in [-0.2, 0) is 6.18 Å². The second-order valence-electron chi connectivity index (χ2n) is 2.47. The van der Waals surface area contributed by atoms with Crippen LogP contribution in [-0.4, -0.2) is 10.4 Å². The molecule has 0 spiro atoms. The van der Waals surface area contributed by atoms with Gasteiger partial charge < -0.3 is 5.21 Å². The number of oxime groups is 1. The average molecular weight is 224 g/mol. The molecule has 0 aliphatic carbocycles. The van der Waals surface area contributed by atoms with Crippen LogP contribution < -0.4 is 0 Å². The summed E-state index contributed by atoms with van der Waals surface area (Å²) in [4.78, 5) is 0. The molecule has 0 aromatic heterocycles. The van der Waals surface area contributed by atoms with Crippen molar-refractivity contribution in [3.8, 4) is 0 Å². The Labute approximate surface area is 82.6 Å². The van der Waals surface area contributed by atoms with E-state index in [9.17, 15) is 13.2 Å². The minimum atomic E-state index is -4.43. The molecule has 1 N–H and O–H groups in total. The lowest BCUT2D eigenvalue weighted by Gasteiger charge is -2.06. The number of halogens is 4. The van der Waals surface area contributed by atoms with Crippen molar-refractivity contribution in [3.05, 3.63) is 35.4 Å². The zero-order valence-corrected chi connectivity index (χ0v) is 7.47. The van der Waals surface area contributed by atoms with Crippen LogP contribution in [0.25, 0.3) is 0 Å². The average Bonchev–Trinajstić information content (AvgIpc) is 2.15. The van der Waals surface area contributed by atoms with E-state index in [0.717, 1.165) is 12.1 Å². The van der Waals surface area contributed by atoms with Gasteiger partial charge in [-0.3, -0.25) is 0 Å². The molecule has 0 bridgehead atoms. The van der Waals surface area contributed by atoms with Gasteiger partial charge in [0.15, 0.2) is 5.17 Å². The molecule has 0 unspecified atom stereocenters. The zero-order valence-electron chi connectivity index (χ0n) is 6.72. The first-order valence-electron chi connectivity index (χ1n) is 3.50. The summed E-state index contributed by atoms with van der Waals surface area (Å²) in [5, 5.41) is 10.5. The van der Waals surface area contributed by atoms with Crippen LogP contribution >= 0.6 is 11.6 Å². The van der Waals surface area contributed by atoms with Crippen LogP contribution in [0, 0.1) is 0 Å². The molecule has 0 atom stereocenters. The SMILES string of the molecule is O/N=C(/Cl)c1cccc(C(F)(F)F)c1. The normalized spacial score (nSPS) is 13.0. The molecule has 0 radical (unpaired) electrons. The molecule has 0 saturated heterocycles. The second-order valence-corrected chi connectivity index (χ2v) is 2.83. The Bertz CT molecular complexity index is 362. The number of benzene rings is 1. The first-order chi connectivity index (χ1) is 6.45. The summed E-state index contributed by atoms with van der Waals surface area (Å²) in [5.74, 6) is 0. The molecule has 14 heavy (non-hydrogen) atoms. The zero-order chi connectivity index (χ0) is 10.8. The van der Waals surface area contributed by atoms with E-state index in [1.54, 1.807) is 0 Å². The minimum absolute atomic E-state index is 0.0176. The lowest BCUT2D eigenvalue weighted by Crippen LogP contribution is -2.06. The maximum absolute atomic E-state index is 12.2. The van der Waals surface area contributed by atoms with E-state index in [4.69, 9.17) is 16.8 Å². The van der Waals surface area contributed by atoms with Crippen LogP contribution in [0.3, 0.4) is 0 Å². The monoisotopic (exact) mass is 223 g/mol. The fourth-order valence-electron chi connectivity index (χ4n) is 0.882. The maximum atomic E-state index is 12.2. The molecular formula is C8H5ClF3NO. The summed E-state index contributed by atoms with van der Waals surface area (Å²) in [5.41, 5.74) is -0.819. The Kier molecular flexibility index (Phi) is 3.00. The van der Waals surface area contributed by atoms with Gasteiger partial charge in [-0.25, -0.2) is 0 Å².